The van der Waals surface area contributed by atoms with E-state index in [1.54, 1.807) is 24.3 Å². The lowest BCUT2D eigenvalue weighted by Gasteiger charge is -2.25. The van der Waals surface area contributed by atoms with Crippen molar-refractivity contribution in [2.75, 3.05) is 36.6 Å². The molecule has 2 atom stereocenters. The smallest absolute Gasteiger partial charge is 0.253 e. The first-order valence-electron chi connectivity index (χ1n) is 13.0. The van der Waals surface area contributed by atoms with Gasteiger partial charge in [-0.25, -0.2) is 0 Å². The number of hydrogen-bond donors (Lipinski definition) is 2. The number of ether oxygens (including phenoxy) is 1. The first-order chi connectivity index (χ1) is 19.3. The quantitative estimate of drug-likeness (QED) is 0.354. The fourth-order valence-electron chi connectivity index (χ4n) is 4.77. The lowest BCUT2D eigenvalue weighted by Crippen LogP contribution is -2.53. The summed E-state index contributed by atoms with van der Waals surface area (Å²) in [5, 5.41) is 7.95. The van der Waals surface area contributed by atoms with Crippen molar-refractivity contribution in [1.29, 1.82) is 0 Å². The molecule has 1 heterocycles. The average molecular weight is 545 g/mol. The van der Waals surface area contributed by atoms with E-state index in [0.29, 0.717) is 24.2 Å². The maximum atomic E-state index is 13.9. The number of nitrogens with one attached hydrogen (secondary N) is 2. The van der Waals surface area contributed by atoms with Crippen LogP contribution in [0, 0.1) is 0 Å². The van der Waals surface area contributed by atoms with Gasteiger partial charge >= 0.3 is 0 Å². The van der Waals surface area contributed by atoms with Gasteiger partial charge < -0.3 is 25.1 Å². The number of amides is 3. The maximum absolute atomic E-state index is 13.9. The van der Waals surface area contributed by atoms with Crippen LogP contribution in [0.5, 0.6) is 0 Å². The van der Waals surface area contributed by atoms with Gasteiger partial charge in [0.15, 0.2) is 0 Å². The van der Waals surface area contributed by atoms with E-state index in [4.69, 9.17) is 4.74 Å². The highest BCUT2D eigenvalue weighted by atomic mass is 16.5. The van der Waals surface area contributed by atoms with E-state index >= 15 is 0 Å². The molecule has 0 bridgehead atoms. The van der Waals surface area contributed by atoms with Crippen molar-refractivity contribution < 1.29 is 28.7 Å². The number of hydrogen-bond acceptors (Lipinski definition) is 7. The van der Waals surface area contributed by atoms with Gasteiger partial charge in [0.25, 0.3) is 5.91 Å². The van der Waals surface area contributed by atoms with Crippen molar-refractivity contribution in [3.8, 4) is 0 Å². The fraction of sp³-hybridized carbons (Fsp3) is 0.300. The van der Waals surface area contributed by atoms with Gasteiger partial charge in [-0.2, -0.15) is 0 Å². The van der Waals surface area contributed by atoms with E-state index in [1.807, 2.05) is 42.5 Å². The van der Waals surface area contributed by atoms with Crippen LogP contribution in [0.3, 0.4) is 0 Å². The highest BCUT2D eigenvalue weighted by Crippen LogP contribution is 2.33. The van der Waals surface area contributed by atoms with Crippen LogP contribution >= 0.6 is 0 Å². The van der Waals surface area contributed by atoms with E-state index in [2.05, 4.69) is 10.6 Å². The number of fused-ring (bicyclic) bond motifs is 2. The normalized spacial score (nSPS) is 15.8. The number of Topliss-reactive ketones (excluding diaryl/α,β-unsaturated/α-hetero) is 1. The minimum Gasteiger partial charge on any atom is -0.375 e. The number of anilines is 2. The van der Waals surface area contributed by atoms with Gasteiger partial charge in [-0.15, -0.1) is 0 Å². The minimum atomic E-state index is -0.996. The number of methoxy groups -OCH3 is 1. The molecule has 10 heteroatoms. The molecular formula is C30H32N4O6. The molecule has 4 rings (SSSR count). The Morgan fingerprint density at radius 3 is 2.42 bits per heavy atom. The molecule has 0 aromatic heterocycles. The van der Waals surface area contributed by atoms with Gasteiger partial charge in [0.2, 0.25) is 11.8 Å². The molecule has 2 unspecified atom stereocenters. The highest BCUT2D eigenvalue weighted by molar-refractivity contribution is 6.09. The zero-order valence-electron chi connectivity index (χ0n) is 22.5. The number of aldehydes is 1. The van der Waals surface area contributed by atoms with Gasteiger partial charge in [-0.05, 0) is 41.5 Å². The van der Waals surface area contributed by atoms with Crippen LogP contribution in [-0.4, -0.2) is 68.7 Å². The Hall–Kier alpha value is -4.41. The lowest BCUT2D eigenvalue weighted by molar-refractivity contribution is -0.127. The number of benzene rings is 3. The van der Waals surface area contributed by atoms with E-state index in [0.717, 1.165) is 16.3 Å². The summed E-state index contributed by atoms with van der Waals surface area (Å²) in [6.45, 7) is 1.10. The van der Waals surface area contributed by atoms with Crippen LogP contribution in [0.4, 0.5) is 11.4 Å². The standard InChI is InChI=1S/C30H32N4O6/c1-20(36)13-24(18-35)32-28(37)17-34-27-10-6-5-9-26(27)33(29(38)19-40-2)16-25(30(34)39)31-15-21-11-12-22-7-3-4-8-23(22)14-21/h3-12,14,18,24-25,31H,13,15-17,19H2,1-2H3,(H,32,37). The van der Waals surface area contributed by atoms with E-state index < -0.39 is 30.4 Å². The Morgan fingerprint density at radius 2 is 1.73 bits per heavy atom. The summed E-state index contributed by atoms with van der Waals surface area (Å²) in [6, 6.07) is 18.9. The first kappa shape index (κ1) is 28.6. The number of carbonyl (C=O) groups is 5. The van der Waals surface area contributed by atoms with Crippen LogP contribution in [0.2, 0.25) is 0 Å². The second kappa shape index (κ2) is 13.1. The van der Waals surface area contributed by atoms with Crippen LogP contribution in [-0.2, 0) is 35.3 Å². The summed E-state index contributed by atoms with van der Waals surface area (Å²) in [5.74, 6) is -1.61. The molecule has 0 aliphatic carbocycles. The Balaban J connectivity index is 1.63. The van der Waals surface area contributed by atoms with Crippen molar-refractivity contribution in [2.45, 2.75) is 32.0 Å². The van der Waals surface area contributed by atoms with Gasteiger partial charge in [-0.3, -0.25) is 24.1 Å². The first-order valence-corrected chi connectivity index (χ1v) is 13.0. The van der Waals surface area contributed by atoms with Gasteiger partial charge in [-0.1, -0.05) is 48.5 Å². The Morgan fingerprint density at radius 1 is 1.02 bits per heavy atom. The van der Waals surface area contributed by atoms with Gasteiger partial charge in [0.05, 0.1) is 24.0 Å². The third kappa shape index (κ3) is 6.77. The molecule has 1 aliphatic rings. The molecular weight excluding hydrogens is 512 g/mol. The molecule has 208 valence electrons. The SMILES string of the molecule is COCC(=O)N1CC(NCc2ccc3ccccc3c2)C(=O)N(CC(=O)NC(C=O)CC(C)=O)c2ccccc21. The minimum absolute atomic E-state index is 0.0189. The third-order valence-electron chi connectivity index (χ3n) is 6.65. The van der Waals surface area contributed by atoms with Crippen molar-refractivity contribution in [1.82, 2.24) is 10.6 Å². The van der Waals surface area contributed by atoms with Crippen molar-refractivity contribution in [2.24, 2.45) is 0 Å². The van der Waals surface area contributed by atoms with Crippen LogP contribution in [0.1, 0.15) is 18.9 Å². The summed E-state index contributed by atoms with van der Waals surface area (Å²) in [5.41, 5.74) is 1.78. The number of para-hydroxylation sites is 2. The molecule has 0 fully saturated rings. The molecule has 1 aliphatic heterocycles. The predicted molar refractivity (Wildman–Crippen MR) is 151 cm³/mol. The predicted octanol–water partition coefficient (Wildman–Crippen LogP) is 1.99. The van der Waals surface area contributed by atoms with Gasteiger partial charge in [0.1, 0.15) is 31.3 Å². The van der Waals surface area contributed by atoms with Crippen LogP contribution in [0.15, 0.2) is 66.7 Å². The summed E-state index contributed by atoms with van der Waals surface area (Å²) < 4.78 is 5.09. The van der Waals surface area contributed by atoms with Gasteiger partial charge in [0, 0.05) is 20.1 Å². The molecule has 40 heavy (non-hydrogen) atoms. The molecule has 0 radical (unpaired) electrons. The van der Waals surface area contributed by atoms with Crippen molar-refractivity contribution in [3.63, 3.8) is 0 Å². The molecule has 2 N–H and O–H groups in total. The van der Waals surface area contributed by atoms with Crippen molar-refractivity contribution in [3.05, 3.63) is 72.3 Å². The number of carbonyl (C=O) groups excluding carboxylic acids is 5. The number of nitrogens with zero attached hydrogens (tertiary/aromatic N) is 2. The Labute approximate surface area is 232 Å². The molecule has 0 spiro atoms. The van der Waals surface area contributed by atoms with Crippen LogP contribution in [0.25, 0.3) is 10.8 Å². The molecule has 3 aromatic carbocycles. The number of ketones is 1. The zero-order valence-corrected chi connectivity index (χ0v) is 22.5. The van der Waals surface area contributed by atoms with E-state index in [1.165, 1.54) is 23.8 Å². The van der Waals surface area contributed by atoms with E-state index in [9.17, 15) is 24.0 Å². The Bertz CT molecular complexity index is 1420. The molecule has 10 nitrogen and oxygen atoms in total. The molecule has 0 saturated heterocycles. The summed E-state index contributed by atoms with van der Waals surface area (Å²) in [4.78, 5) is 65.6. The topological polar surface area (TPSA) is 125 Å². The molecule has 3 aromatic rings. The summed E-state index contributed by atoms with van der Waals surface area (Å²) in [7, 11) is 1.42. The maximum Gasteiger partial charge on any atom is 0.253 e. The fourth-order valence-corrected chi connectivity index (χ4v) is 4.77. The molecule has 3 amide bonds. The molecule has 0 saturated carbocycles. The van der Waals surface area contributed by atoms with E-state index in [-0.39, 0.29) is 31.3 Å². The lowest BCUT2D eigenvalue weighted by atomic mass is 10.1. The summed E-state index contributed by atoms with van der Waals surface area (Å²) in [6.07, 6.45) is 0.353. The van der Waals surface area contributed by atoms with Crippen molar-refractivity contribution >= 4 is 51.9 Å². The third-order valence-corrected chi connectivity index (χ3v) is 6.65. The largest absolute Gasteiger partial charge is 0.375 e. The number of rotatable bonds is 11. The second-order valence-corrected chi connectivity index (χ2v) is 9.68. The second-order valence-electron chi connectivity index (χ2n) is 9.68. The Kier molecular flexibility index (Phi) is 9.36. The highest BCUT2D eigenvalue weighted by Gasteiger charge is 2.36. The summed E-state index contributed by atoms with van der Waals surface area (Å²) >= 11 is 0. The monoisotopic (exact) mass is 544 g/mol. The van der Waals surface area contributed by atoms with Crippen LogP contribution < -0.4 is 20.4 Å². The average Bonchev–Trinajstić information content (AvgIpc) is 3.06. The zero-order chi connectivity index (χ0) is 28.6.